The van der Waals surface area contributed by atoms with E-state index in [1.54, 1.807) is 0 Å². The van der Waals surface area contributed by atoms with Crippen LogP contribution in [0.3, 0.4) is 0 Å². The number of rotatable bonds is 4. The zero-order chi connectivity index (χ0) is 18.3. The number of benzene rings is 1. The van der Waals surface area contributed by atoms with E-state index >= 15 is 0 Å². The molecule has 3 rings (SSSR count). The number of para-hydroxylation sites is 1. The first-order valence-electron chi connectivity index (χ1n) is 8.81. The molecular weight excluding hydrogens is 491 g/mol. The van der Waals surface area contributed by atoms with E-state index in [-0.39, 0.29) is 0 Å². The second kappa shape index (κ2) is 6.99. The molecule has 2 heterocycles. The van der Waals surface area contributed by atoms with Crippen LogP contribution < -0.4 is 4.90 Å². The van der Waals surface area contributed by atoms with E-state index < -0.39 is 0 Å². The van der Waals surface area contributed by atoms with Crippen LogP contribution in [0.4, 0.5) is 5.82 Å². The molecule has 0 atom stereocenters. The van der Waals surface area contributed by atoms with Gasteiger partial charge in [-0.2, -0.15) is 0 Å². The Morgan fingerprint density at radius 2 is 1.44 bits per heavy atom. The van der Waals surface area contributed by atoms with Crippen molar-refractivity contribution in [2.45, 2.75) is 39.5 Å². The standard InChI is InChI=1S/C21H27N3.Au/c1-15(2)18-10-8-11-19(16(3)4)21(18)23-13-17-9-7-12-20(22(5)6)24(17)14-23;/h7-13,15-16H,1-6H3;/q;-1. The third kappa shape index (κ3) is 3.17. The second-order valence-electron chi connectivity index (χ2n) is 7.37. The van der Waals surface area contributed by atoms with Crippen molar-refractivity contribution in [2.75, 3.05) is 19.0 Å². The summed E-state index contributed by atoms with van der Waals surface area (Å²) >= 11 is 2.70. The van der Waals surface area contributed by atoms with Crippen LogP contribution in [0, 0.1) is 3.63 Å². The monoisotopic (exact) mass is 518 g/mol. The Morgan fingerprint density at radius 3 is 1.96 bits per heavy atom. The molecule has 0 aliphatic carbocycles. The van der Waals surface area contributed by atoms with Gasteiger partial charge in [-0.25, -0.2) is 0 Å². The molecule has 0 fully saturated rings. The Balaban J connectivity index is 2.41. The summed E-state index contributed by atoms with van der Waals surface area (Å²) < 4.78 is 5.84. The van der Waals surface area contributed by atoms with Crippen molar-refractivity contribution >= 4 is 11.3 Å². The quantitative estimate of drug-likeness (QED) is 0.437. The van der Waals surface area contributed by atoms with Crippen LogP contribution in [0.25, 0.3) is 11.2 Å². The van der Waals surface area contributed by atoms with Crippen molar-refractivity contribution < 1.29 is 20.6 Å². The normalized spacial score (nSPS) is 11.8. The molecule has 3 aromatic rings. The maximum absolute atomic E-state index is 2.70. The number of pyridine rings is 1. The van der Waals surface area contributed by atoms with Gasteiger partial charge in [-0.05, 0) is 0 Å². The molecule has 0 saturated carbocycles. The Bertz CT molecular complexity index is 935. The Hall–Kier alpha value is -1.55. The molecule has 25 heavy (non-hydrogen) atoms. The summed E-state index contributed by atoms with van der Waals surface area (Å²) in [4.78, 5) is 2.16. The molecule has 1 aromatic carbocycles. The summed E-state index contributed by atoms with van der Waals surface area (Å²) in [5.41, 5.74) is 5.33. The van der Waals surface area contributed by atoms with Gasteiger partial charge in [-0.3, -0.25) is 0 Å². The van der Waals surface area contributed by atoms with E-state index in [9.17, 15) is 0 Å². The molecule has 0 radical (unpaired) electrons. The minimum atomic E-state index is 0.477. The summed E-state index contributed by atoms with van der Waals surface area (Å²) in [5.74, 6) is 2.14. The molecule has 0 unspecified atom stereocenters. The molecule has 4 heteroatoms. The summed E-state index contributed by atoms with van der Waals surface area (Å²) in [6, 6.07) is 13.2. The molecule has 0 aliphatic rings. The van der Waals surface area contributed by atoms with E-state index in [0.717, 1.165) is 0 Å². The van der Waals surface area contributed by atoms with Crippen LogP contribution in [-0.4, -0.2) is 23.1 Å². The van der Waals surface area contributed by atoms with Crippen molar-refractivity contribution in [3.05, 3.63) is 57.4 Å². The molecule has 3 nitrogen and oxygen atoms in total. The summed E-state index contributed by atoms with van der Waals surface area (Å²) in [5, 5.41) is 0. The van der Waals surface area contributed by atoms with Crippen LogP contribution in [0.2, 0.25) is 0 Å². The molecule has 0 saturated heterocycles. The molecule has 0 spiro atoms. The summed E-state index contributed by atoms with van der Waals surface area (Å²) in [7, 11) is 4.18. The van der Waals surface area contributed by atoms with E-state index in [0.29, 0.717) is 11.8 Å². The van der Waals surface area contributed by atoms with Gasteiger partial charge in [-0.15, -0.1) is 0 Å². The van der Waals surface area contributed by atoms with E-state index in [1.807, 2.05) is 0 Å². The first-order chi connectivity index (χ1) is 11.8. The third-order valence-electron chi connectivity index (χ3n) is 4.65. The fourth-order valence-electron chi connectivity index (χ4n) is 3.37. The van der Waals surface area contributed by atoms with Crippen molar-refractivity contribution in [2.24, 2.45) is 0 Å². The molecule has 0 N–H and O–H groups in total. The Labute approximate surface area is 162 Å². The van der Waals surface area contributed by atoms with Crippen molar-refractivity contribution in [3.8, 4) is 5.69 Å². The number of nitrogens with zero attached hydrogens (tertiary/aromatic N) is 3. The van der Waals surface area contributed by atoms with Gasteiger partial charge in [0.25, 0.3) is 0 Å². The van der Waals surface area contributed by atoms with E-state index in [1.165, 1.54) is 31.8 Å². The average Bonchev–Trinajstić information content (AvgIpc) is 2.90. The van der Waals surface area contributed by atoms with Crippen molar-refractivity contribution in [3.63, 3.8) is 0 Å². The topological polar surface area (TPSA) is 12.6 Å². The van der Waals surface area contributed by atoms with Gasteiger partial charge in [0.1, 0.15) is 0 Å². The van der Waals surface area contributed by atoms with Gasteiger partial charge < -0.3 is 0 Å². The van der Waals surface area contributed by atoms with Gasteiger partial charge in [0.15, 0.2) is 0 Å². The van der Waals surface area contributed by atoms with Crippen LogP contribution in [0.15, 0.2) is 42.6 Å². The number of hydrogen-bond acceptors (Lipinski definition) is 1. The fraction of sp³-hybridized carbons (Fsp3) is 0.381. The van der Waals surface area contributed by atoms with Gasteiger partial charge in [0.2, 0.25) is 0 Å². The summed E-state index contributed by atoms with van der Waals surface area (Å²) in [6.45, 7) is 9.09. The Morgan fingerprint density at radius 1 is 0.880 bits per heavy atom. The minimum absolute atomic E-state index is 0.477. The zero-order valence-corrected chi connectivity index (χ0v) is 18.0. The number of fused-ring (bicyclic) bond motifs is 1. The molecule has 138 valence electrons. The van der Waals surface area contributed by atoms with Crippen LogP contribution in [0.1, 0.15) is 50.7 Å². The SMILES string of the molecule is CC(C)c1cccc(C(C)C)c1-n1cc2cccc(N(C)C)n2[c]1=[Au-]. The van der Waals surface area contributed by atoms with Crippen LogP contribution in [-0.2, 0) is 20.6 Å². The zero-order valence-electron chi connectivity index (χ0n) is 15.8. The molecule has 0 amide bonds. The van der Waals surface area contributed by atoms with E-state index in [2.05, 4.69) is 119 Å². The first kappa shape index (κ1) is 18.2. The van der Waals surface area contributed by atoms with Gasteiger partial charge >= 0.3 is 162 Å². The van der Waals surface area contributed by atoms with Crippen molar-refractivity contribution in [1.29, 1.82) is 0 Å². The molecule has 0 aliphatic heterocycles. The third-order valence-corrected chi connectivity index (χ3v) is 5.66. The summed E-state index contributed by atoms with van der Waals surface area (Å²) in [6.07, 6.45) is 2.26. The number of hydrogen-bond donors (Lipinski definition) is 0. The number of aromatic nitrogens is 2. The Kier molecular flexibility index (Phi) is 5.10. The van der Waals surface area contributed by atoms with Gasteiger partial charge in [0.05, 0.1) is 0 Å². The molecule has 2 aromatic heterocycles. The molecule has 0 bridgehead atoms. The van der Waals surface area contributed by atoms with Gasteiger partial charge in [-0.1, -0.05) is 0 Å². The maximum atomic E-state index is 2.70. The van der Waals surface area contributed by atoms with Crippen LogP contribution in [0.5, 0.6) is 0 Å². The first-order valence-corrected chi connectivity index (χ1v) is 9.89. The predicted octanol–water partition coefficient (Wildman–Crippen LogP) is 5.12. The number of imidazole rings is 1. The van der Waals surface area contributed by atoms with Gasteiger partial charge in [0, 0.05) is 0 Å². The van der Waals surface area contributed by atoms with E-state index in [4.69, 9.17) is 0 Å². The average molecular weight is 518 g/mol. The second-order valence-corrected chi connectivity index (χ2v) is 8.34. The molecular formula is C21H27AuN3-. The fourth-order valence-corrected chi connectivity index (χ4v) is 4.28. The number of anilines is 1. The predicted molar refractivity (Wildman–Crippen MR) is 102 cm³/mol. The van der Waals surface area contributed by atoms with Crippen molar-refractivity contribution in [1.82, 2.24) is 8.97 Å². The van der Waals surface area contributed by atoms with Crippen LogP contribution >= 0.6 is 0 Å².